The Bertz CT molecular complexity index is 200. The van der Waals surface area contributed by atoms with Crippen LogP contribution in [0.5, 0.6) is 0 Å². The minimum atomic E-state index is -0.753. The van der Waals surface area contributed by atoms with Gasteiger partial charge in [0.2, 0.25) is 0 Å². The first-order chi connectivity index (χ1) is 5.90. The topological polar surface area (TPSA) is 37.3 Å². The van der Waals surface area contributed by atoms with Gasteiger partial charge in [0.1, 0.15) is 5.78 Å². The number of ketones is 1. The molecule has 13 heavy (non-hydrogen) atoms. The largest absolute Gasteiger partial charge is 0.389 e. The number of carbonyl (C=O) groups is 1. The van der Waals surface area contributed by atoms with Gasteiger partial charge in [-0.1, -0.05) is 33.1 Å². The zero-order chi connectivity index (χ0) is 10.1. The first-order valence-electron chi connectivity index (χ1n) is 5.13. The van der Waals surface area contributed by atoms with E-state index in [1.165, 1.54) is 6.42 Å². The Morgan fingerprint density at radius 2 is 1.69 bits per heavy atom. The molecule has 1 aliphatic rings. The van der Waals surface area contributed by atoms with Crippen LogP contribution in [0.4, 0.5) is 0 Å². The summed E-state index contributed by atoms with van der Waals surface area (Å²) in [5.74, 6) is 0.0944. The van der Waals surface area contributed by atoms with Crippen molar-refractivity contribution in [2.24, 2.45) is 5.41 Å². The molecular formula is C11H20O2. The average Bonchev–Trinajstić information content (AvgIpc) is 2.05. The van der Waals surface area contributed by atoms with Crippen LogP contribution in [0, 0.1) is 5.41 Å². The number of rotatable bonds is 2. The summed E-state index contributed by atoms with van der Waals surface area (Å²) in [4.78, 5) is 11.4. The second-order valence-corrected chi connectivity index (χ2v) is 4.77. The van der Waals surface area contributed by atoms with E-state index in [1.807, 2.05) is 13.8 Å². The highest BCUT2D eigenvalue weighted by Gasteiger charge is 2.46. The van der Waals surface area contributed by atoms with Crippen molar-refractivity contribution in [3.8, 4) is 0 Å². The van der Waals surface area contributed by atoms with Gasteiger partial charge in [-0.25, -0.2) is 0 Å². The molecule has 1 N–H and O–H groups in total. The molecule has 0 amide bonds. The monoisotopic (exact) mass is 184 g/mol. The number of Topliss-reactive ketones (excluding diaryl/α,β-unsaturated/α-hetero) is 1. The molecule has 0 aromatic rings. The molecule has 1 fully saturated rings. The van der Waals surface area contributed by atoms with E-state index in [2.05, 4.69) is 0 Å². The van der Waals surface area contributed by atoms with Gasteiger partial charge in [0.15, 0.2) is 0 Å². The van der Waals surface area contributed by atoms with Gasteiger partial charge in [0.05, 0.1) is 11.0 Å². The zero-order valence-corrected chi connectivity index (χ0v) is 8.89. The van der Waals surface area contributed by atoms with Crippen LogP contribution in [0.1, 0.15) is 52.9 Å². The fourth-order valence-corrected chi connectivity index (χ4v) is 2.09. The standard InChI is InChI=1S/C11H20O2/c1-9(12)10(2,3)11(13)7-5-4-6-8-11/h13H,4-8H2,1-3H3. The second kappa shape index (κ2) is 3.41. The Morgan fingerprint density at radius 1 is 1.23 bits per heavy atom. The molecule has 2 nitrogen and oxygen atoms in total. The Balaban J connectivity index is 2.82. The number of hydrogen-bond donors (Lipinski definition) is 1. The maximum Gasteiger partial charge on any atom is 0.138 e. The molecule has 0 saturated heterocycles. The number of hydrogen-bond acceptors (Lipinski definition) is 2. The van der Waals surface area contributed by atoms with Crippen LogP contribution in [-0.2, 0) is 4.79 Å². The zero-order valence-electron chi connectivity index (χ0n) is 8.89. The third-order valence-corrected chi connectivity index (χ3v) is 3.72. The minimum Gasteiger partial charge on any atom is -0.389 e. The molecule has 0 aromatic heterocycles. The van der Waals surface area contributed by atoms with Crippen molar-refractivity contribution < 1.29 is 9.90 Å². The highest BCUT2D eigenvalue weighted by molar-refractivity contribution is 5.82. The summed E-state index contributed by atoms with van der Waals surface area (Å²) in [5, 5.41) is 10.3. The van der Waals surface area contributed by atoms with Gasteiger partial charge >= 0.3 is 0 Å². The van der Waals surface area contributed by atoms with E-state index in [0.29, 0.717) is 0 Å². The molecule has 0 atom stereocenters. The minimum absolute atomic E-state index is 0.0944. The van der Waals surface area contributed by atoms with Gasteiger partial charge in [-0.2, -0.15) is 0 Å². The summed E-state index contributed by atoms with van der Waals surface area (Å²) < 4.78 is 0. The number of carbonyl (C=O) groups excluding carboxylic acids is 1. The summed E-state index contributed by atoms with van der Waals surface area (Å²) in [7, 11) is 0. The molecule has 0 aromatic carbocycles. The lowest BCUT2D eigenvalue weighted by molar-refractivity contribution is -0.146. The molecule has 1 rings (SSSR count). The van der Waals surface area contributed by atoms with Crippen LogP contribution < -0.4 is 0 Å². The summed E-state index contributed by atoms with van der Waals surface area (Å²) >= 11 is 0. The van der Waals surface area contributed by atoms with Crippen LogP contribution in [0.25, 0.3) is 0 Å². The Kier molecular flexibility index (Phi) is 2.81. The van der Waals surface area contributed by atoms with E-state index in [1.54, 1.807) is 6.92 Å². The van der Waals surface area contributed by atoms with Crippen LogP contribution in [-0.4, -0.2) is 16.5 Å². The van der Waals surface area contributed by atoms with Crippen LogP contribution in [0.3, 0.4) is 0 Å². The SMILES string of the molecule is CC(=O)C(C)(C)C1(O)CCCCC1. The van der Waals surface area contributed by atoms with Crippen molar-refractivity contribution in [2.75, 3.05) is 0 Å². The first-order valence-corrected chi connectivity index (χ1v) is 5.13. The normalized spacial score (nSPS) is 22.8. The predicted molar refractivity (Wildman–Crippen MR) is 52.5 cm³/mol. The lowest BCUT2D eigenvalue weighted by Crippen LogP contribution is -2.49. The third-order valence-electron chi connectivity index (χ3n) is 3.72. The fourth-order valence-electron chi connectivity index (χ4n) is 2.09. The van der Waals surface area contributed by atoms with Crippen molar-refractivity contribution in [3.05, 3.63) is 0 Å². The second-order valence-electron chi connectivity index (χ2n) is 4.77. The van der Waals surface area contributed by atoms with Crippen molar-refractivity contribution in [3.63, 3.8) is 0 Å². The molecule has 0 radical (unpaired) electrons. The van der Waals surface area contributed by atoms with E-state index in [9.17, 15) is 9.90 Å². The smallest absolute Gasteiger partial charge is 0.138 e. The quantitative estimate of drug-likeness (QED) is 0.715. The Labute approximate surface area is 80.3 Å². The van der Waals surface area contributed by atoms with E-state index >= 15 is 0 Å². The van der Waals surface area contributed by atoms with Gasteiger partial charge in [-0.05, 0) is 19.8 Å². The average molecular weight is 184 g/mol. The molecule has 0 aliphatic heterocycles. The third kappa shape index (κ3) is 1.78. The molecule has 0 bridgehead atoms. The van der Waals surface area contributed by atoms with E-state index < -0.39 is 11.0 Å². The summed E-state index contributed by atoms with van der Waals surface area (Å²) in [6.45, 7) is 5.30. The van der Waals surface area contributed by atoms with Crippen molar-refractivity contribution >= 4 is 5.78 Å². The Hall–Kier alpha value is -0.370. The van der Waals surface area contributed by atoms with E-state index in [4.69, 9.17) is 0 Å². The predicted octanol–water partition coefficient (Wildman–Crippen LogP) is 2.30. The van der Waals surface area contributed by atoms with Gasteiger partial charge in [0.25, 0.3) is 0 Å². The molecular weight excluding hydrogens is 164 g/mol. The van der Waals surface area contributed by atoms with Crippen molar-refractivity contribution in [1.82, 2.24) is 0 Å². The molecule has 0 spiro atoms. The van der Waals surface area contributed by atoms with Crippen LogP contribution in [0.2, 0.25) is 0 Å². The molecule has 0 heterocycles. The maximum absolute atomic E-state index is 11.4. The van der Waals surface area contributed by atoms with E-state index in [0.717, 1.165) is 25.7 Å². The van der Waals surface area contributed by atoms with Gasteiger partial charge in [-0.15, -0.1) is 0 Å². The van der Waals surface area contributed by atoms with Gasteiger partial charge in [0, 0.05) is 0 Å². The lowest BCUT2D eigenvalue weighted by atomic mass is 9.65. The molecule has 2 heteroatoms. The van der Waals surface area contributed by atoms with Crippen LogP contribution in [0.15, 0.2) is 0 Å². The maximum atomic E-state index is 11.4. The summed E-state index contributed by atoms with van der Waals surface area (Å²) in [6.07, 6.45) is 4.84. The Morgan fingerprint density at radius 3 is 2.08 bits per heavy atom. The van der Waals surface area contributed by atoms with Gasteiger partial charge in [-0.3, -0.25) is 4.79 Å². The highest BCUT2D eigenvalue weighted by atomic mass is 16.3. The van der Waals surface area contributed by atoms with Gasteiger partial charge < -0.3 is 5.11 Å². The molecule has 0 unspecified atom stereocenters. The first kappa shape index (κ1) is 10.7. The highest BCUT2D eigenvalue weighted by Crippen LogP contribution is 2.42. The van der Waals surface area contributed by atoms with Crippen molar-refractivity contribution in [2.45, 2.75) is 58.5 Å². The number of aliphatic hydroxyl groups is 1. The van der Waals surface area contributed by atoms with E-state index in [-0.39, 0.29) is 5.78 Å². The summed E-state index contributed by atoms with van der Waals surface area (Å²) in [6, 6.07) is 0. The lowest BCUT2D eigenvalue weighted by Gasteiger charge is -2.43. The fraction of sp³-hybridized carbons (Fsp3) is 0.909. The van der Waals surface area contributed by atoms with Crippen LogP contribution >= 0.6 is 0 Å². The summed E-state index contributed by atoms with van der Waals surface area (Å²) in [5.41, 5.74) is -1.33. The molecule has 76 valence electrons. The van der Waals surface area contributed by atoms with Crippen molar-refractivity contribution in [1.29, 1.82) is 0 Å². The molecule has 1 aliphatic carbocycles. The molecule has 1 saturated carbocycles.